The van der Waals surface area contributed by atoms with Crippen molar-refractivity contribution >= 4 is 24.8 Å². The number of fused-ring (bicyclic) bond motifs is 8. The minimum absolute atomic E-state index is 0. The second-order valence-electron chi connectivity index (χ2n) is 15.7. The van der Waals surface area contributed by atoms with Crippen LogP contribution in [0.25, 0.3) is 32.7 Å². The largest absolute Gasteiger partial charge is 0.214 e. The summed E-state index contributed by atoms with van der Waals surface area (Å²) in [4.78, 5) is 0. The van der Waals surface area contributed by atoms with Gasteiger partial charge < -0.3 is 24.8 Å². The van der Waals surface area contributed by atoms with Crippen LogP contribution >= 0.6 is 0 Å². The Balaban J connectivity index is 0.000000291. The molecule has 7 aromatic carbocycles. The van der Waals surface area contributed by atoms with Crippen LogP contribution in [0.4, 0.5) is 0 Å². The molecule has 300 valence electrons. The van der Waals surface area contributed by atoms with E-state index in [1.807, 2.05) is 30.3 Å². The first kappa shape index (κ1) is 47.2. The molecule has 0 spiro atoms. The normalized spacial score (nSPS) is 11.0. The van der Waals surface area contributed by atoms with Crippen molar-refractivity contribution in [3.8, 4) is 11.1 Å². The molecule has 1 aliphatic carbocycles. The molecule has 0 heterocycles. The van der Waals surface area contributed by atoms with Crippen molar-refractivity contribution in [1.82, 2.24) is 0 Å². The van der Waals surface area contributed by atoms with E-state index in [9.17, 15) is 0 Å². The van der Waals surface area contributed by atoms with Crippen LogP contribution in [0.1, 0.15) is 121 Å². The third kappa shape index (κ3) is 11.6. The fourth-order valence-corrected chi connectivity index (χ4v) is 9.23. The van der Waals surface area contributed by atoms with Gasteiger partial charge in [0.2, 0.25) is 0 Å². The molecule has 7 aromatic rings. The molecule has 0 aliphatic heterocycles. The van der Waals surface area contributed by atoms with Gasteiger partial charge in [0.25, 0.3) is 0 Å². The van der Waals surface area contributed by atoms with Gasteiger partial charge in [0.15, 0.2) is 0 Å². The Hall–Kier alpha value is -3.48. The second kappa shape index (κ2) is 23.9. The second-order valence-corrected chi connectivity index (χ2v) is 17.0. The van der Waals surface area contributed by atoms with Gasteiger partial charge in [0.05, 0.1) is 0 Å². The van der Waals surface area contributed by atoms with E-state index in [1.54, 1.807) is 0 Å². The third-order valence-electron chi connectivity index (χ3n) is 11.9. The number of hydrogen-bond donors (Lipinski definition) is 0. The van der Waals surface area contributed by atoms with E-state index in [0.717, 1.165) is 12.8 Å². The number of halogens is 2. The average Bonchev–Trinajstić information content (AvgIpc) is 3.95. The molecule has 0 saturated carbocycles. The SMILES string of the molecule is CCCCCCCCCCCCc1[c-]c2c3c(c4ccc(C)c(C)c4c2c(C)c1C)-c1ccccc1C3.[Cl-].[Cl-].[Zr+2]=[C](c1ccccc1)c1ccccc1.c1cc[cH-]c1. The Labute approximate surface area is 377 Å². The van der Waals surface area contributed by atoms with Crippen LogP contribution in [0.5, 0.6) is 0 Å². The summed E-state index contributed by atoms with van der Waals surface area (Å²) in [6.07, 6.45) is 16.1. The van der Waals surface area contributed by atoms with Crippen molar-refractivity contribution in [2.45, 2.75) is 112 Å². The van der Waals surface area contributed by atoms with E-state index < -0.39 is 0 Å². The first-order chi connectivity index (χ1) is 27.4. The van der Waals surface area contributed by atoms with Crippen molar-refractivity contribution in [2.24, 2.45) is 0 Å². The van der Waals surface area contributed by atoms with Crippen LogP contribution in [0.15, 0.2) is 127 Å². The molecule has 0 bridgehead atoms. The van der Waals surface area contributed by atoms with E-state index >= 15 is 0 Å². The van der Waals surface area contributed by atoms with Crippen LogP contribution < -0.4 is 24.8 Å². The summed E-state index contributed by atoms with van der Waals surface area (Å²) >= 11 is 1.46. The molecular weight excluding hydrogens is 823 g/mol. The van der Waals surface area contributed by atoms with E-state index in [4.69, 9.17) is 0 Å². The molecule has 3 heteroatoms. The minimum atomic E-state index is 0. The zero-order valence-corrected chi connectivity index (χ0v) is 39.3. The molecule has 8 rings (SSSR count). The molecule has 0 amide bonds. The monoisotopic (exact) mass is 880 g/mol. The standard InChI is InChI=1S/C37H45.C13H10.C5H5.2ClH.Zr/c1-6-7-8-9-10-11-12-13-14-15-18-29-23-33-34-24-30-19-16-17-20-31(30)37(34)32-22-21-25(2)26(3)35(32)36(33)28(5)27(29)4;1-3-7-12(8-4-1)11-13-9-5-2-6-10-13;1-2-4-5-3-1;;;/h16-17,19-22H,6-15,18,24H2,1-5H3;1-10H;1-5H;2*1H;/q-1;;-1;;;+2/p-2. The Morgan fingerprint density at radius 3 is 1.71 bits per heavy atom. The van der Waals surface area contributed by atoms with Crippen LogP contribution in [0.3, 0.4) is 0 Å². The quantitative estimate of drug-likeness (QED) is 0.0616. The predicted molar refractivity (Wildman–Crippen MR) is 241 cm³/mol. The fraction of sp³-hybridized carbons (Fsp3) is 0.309. The maximum atomic E-state index is 4.04. The number of unbranched alkanes of at least 4 members (excludes halogenated alkanes) is 9. The van der Waals surface area contributed by atoms with Crippen molar-refractivity contribution in [3.63, 3.8) is 0 Å². The smallest absolute Gasteiger partial charge is 0.172 e. The van der Waals surface area contributed by atoms with Crippen molar-refractivity contribution in [1.29, 1.82) is 0 Å². The van der Waals surface area contributed by atoms with Gasteiger partial charge in [-0.25, -0.2) is 12.1 Å². The number of hydrogen-bond acceptors (Lipinski definition) is 0. The van der Waals surface area contributed by atoms with Crippen LogP contribution in [0.2, 0.25) is 0 Å². The summed E-state index contributed by atoms with van der Waals surface area (Å²) in [6.45, 7) is 11.6. The van der Waals surface area contributed by atoms with Gasteiger partial charge in [-0.2, -0.15) is 18.2 Å². The zero-order chi connectivity index (χ0) is 39.3. The maximum Gasteiger partial charge on any atom is -0.172 e. The molecule has 0 saturated heterocycles. The summed E-state index contributed by atoms with van der Waals surface area (Å²) < 4.78 is 1.42. The molecule has 0 unspecified atom stereocenters. The van der Waals surface area contributed by atoms with Crippen molar-refractivity contribution in [3.05, 3.63) is 184 Å². The Morgan fingerprint density at radius 1 is 0.586 bits per heavy atom. The van der Waals surface area contributed by atoms with Crippen molar-refractivity contribution in [2.75, 3.05) is 0 Å². The fourth-order valence-electron chi connectivity index (χ4n) is 8.41. The van der Waals surface area contributed by atoms with Gasteiger partial charge in [-0.3, -0.25) is 0 Å². The summed E-state index contributed by atoms with van der Waals surface area (Å²) in [6, 6.07) is 48.9. The summed E-state index contributed by atoms with van der Waals surface area (Å²) in [5, 5.41) is 5.71. The summed E-state index contributed by atoms with van der Waals surface area (Å²) in [5.74, 6) is 0. The molecular formula is C55H60Cl2Zr-2. The van der Waals surface area contributed by atoms with Gasteiger partial charge in [-0.1, -0.05) is 127 Å². The molecule has 0 atom stereocenters. The van der Waals surface area contributed by atoms with Gasteiger partial charge in [-0.05, 0) is 65.3 Å². The summed E-state index contributed by atoms with van der Waals surface area (Å²) in [7, 11) is 0. The molecule has 0 aromatic heterocycles. The van der Waals surface area contributed by atoms with Gasteiger partial charge in [0, 0.05) is 0 Å². The number of aryl methyl sites for hydroxylation is 4. The molecule has 0 fully saturated rings. The molecule has 1 aliphatic rings. The van der Waals surface area contributed by atoms with E-state index in [0.29, 0.717) is 0 Å². The van der Waals surface area contributed by atoms with E-state index in [-0.39, 0.29) is 24.8 Å². The minimum Gasteiger partial charge on any atom is -0.214 e. The topological polar surface area (TPSA) is 0 Å². The van der Waals surface area contributed by atoms with Crippen LogP contribution in [-0.2, 0) is 37.1 Å². The number of rotatable bonds is 13. The summed E-state index contributed by atoms with van der Waals surface area (Å²) in [5.41, 5.74) is 15.7. The van der Waals surface area contributed by atoms with Gasteiger partial charge >= 0.3 is 99.2 Å². The number of benzene rings is 6. The first-order valence-electron chi connectivity index (χ1n) is 21.2. The molecule has 58 heavy (non-hydrogen) atoms. The van der Waals surface area contributed by atoms with E-state index in [1.165, 1.54) is 174 Å². The van der Waals surface area contributed by atoms with Crippen LogP contribution in [-0.4, -0.2) is 3.21 Å². The van der Waals surface area contributed by atoms with Crippen molar-refractivity contribution < 1.29 is 49.0 Å². The Bertz CT molecular complexity index is 2260. The third-order valence-corrected chi connectivity index (χ3v) is 13.3. The predicted octanol–water partition coefficient (Wildman–Crippen LogP) is 9.28. The van der Waals surface area contributed by atoms with E-state index in [2.05, 4.69) is 138 Å². The molecule has 0 radical (unpaired) electrons. The average molecular weight is 883 g/mol. The Morgan fingerprint density at radius 2 is 1.14 bits per heavy atom. The van der Waals surface area contributed by atoms with Crippen LogP contribution in [0, 0.1) is 33.8 Å². The zero-order valence-electron chi connectivity index (χ0n) is 35.4. The van der Waals surface area contributed by atoms with Gasteiger partial charge in [-0.15, -0.1) is 33.7 Å². The first-order valence-corrected chi connectivity index (χ1v) is 22.5. The molecule has 0 N–H and O–H groups in total. The maximum absolute atomic E-state index is 4.04. The molecule has 0 nitrogen and oxygen atoms in total. The van der Waals surface area contributed by atoms with Gasteiger partial charge in [0.1, 0.15) is 0 Å². The Kier molecular flexibility index (Phi) is 19.5.